The molecule has 0 bridgehead atoms. The number of imidazole rings is 1. The van der Waals surface area contributed by atoms with E-state index in [1.807, 2.05) is 53.1 Å². The van der Waals surface area contributed by atoms with Crippen molar-refractivity contribution in [2.75, 3.05) is 18.5 Å². The van der Waals surface area contributed by atoms with Crippen LogP contribution < -0.4 is 10.1 Å². The van der Waals surface area contributed by atoms with Gasteiger partial charge in [-0.1, -0.05) is 38.1 Å². The second-order valence-electron chi connectivity index (χ2n) is 8.06. The minimum Gasteiger partial charge on any atom is -0.494 e. The van der Waals surface area contributed by atoms with Crippen LogP contribution in [0.3, 0.4) is 0 Å². The first-order chi connectivity index (χ1) is 15.0. The van der Waals surface area contributed by atoms with E-state index in [0.29, 0.717) is 18.5 Å². The molecule has 4 rings (SSSR count). The number of fused-ring (bicyclic) bond motifs is 3. The van der Waals surface area contributed by atoms with Crippen molar-refractivity contribution in [1.82, 2.24) is 9.55 Å². The Morgan fingerprint density at radius 1 is 1.16 bits per heavy atom. The van der Waals surface area contributed by atoms with E-state index in [2.05, 4.69) is 24.1 Å². The summed E-state index contributed by atoms with van der Waals surface area (Å²) in [4.78, 5) is 30.3. The number of amides is 1. The Kier molecular flexibility index (Phi) is 5.93. The van der Waals surface area contributed by atoms with Crippen LogP contribution in [0.4, 0.5) is 5.95 Å². The lowest BCUT2D eigenvalue weighted by molar-refractivity contribution is -0.152. The highest BCUT2D eigenvalue weighted by Crippen LogP contribution is 2.39. The van der Waals surface area contributed by atoms with E-state index in [4.69, 9.17) is 9.47 Å². The average Bonchev–Trinajstić information content (AvgIpc) is 3.11. The molecule has 1 N–H and O–H groups in total. The number of ether oxygens (including phenoxy) is 2. The molecule has 0 fully saturated rings. The molecule has 7 heteroatoms. The molecular weight excluding hydrogens is 394 g/mol. The zero-order chi connectivity index (χ0) is 22.0. The molecular formula is C24H27N3O4. The maximum Gasteiger partial charge on any atom is 0.321 e. The number of hydrogen-bond acceptors (Lipinski definition) is 5. The third-order valence-electron chi connectivity index (χ3n) is 5.43. The quantitative estimate of drug-likeness (QED) is 0.457. The molecule has 2 heterocycles. The highest BCUT2D eigenvalue weighted by Gasteiger charge is 2.44. The molecule has 0 aliphatic carbocycles. The fourth-order valence-electron chi connectivity index (χ4n) is 3.88. The highest BCUT2D eigenvalue weighted by atomic mass is 16.5. The molecule has 2 atom stereocenters. The molecule has 1 amide bonds. The number of nitrogens with zero attached hydrogens (tertiary/aromatic N) is 2. The van der Waals surface area contributed by atoms with E-state index in [9.17, 15) is 9.59 Å². The number of anilines is 1. The van der Waals surface area contributed by atoms with Crippen LogP contribution in [0.1, 0.15) is 38.8 Å². The van der Waals surface area contributed by atoms with Gasteiger partial charge in [0.1, 0.15) is 5.75 Å². The zero-order valence-corrected chi connectivity index (χ0v) is 18.0. The molecule has 7 nitrogen and oxygen atoms in total. The Labute approximate surface area is 181 Å². The van der Waals surface area contributed by atoms with Crippen molar-refractivity contribution in [3.8, 4) is 5.75 Å². The third-order valence-corrected chi connectivity index (χ3v) is 5.43. The van der Waals surface area contributed by atoms with Crippen LogP contribution in [0, 0.1) is 11.8 Å². The number of para-hydroxylation sites is 2. The Bertz CT molecular complexity index is 1090. The standard InChI is InChI=1S/C24H27N3O4/c1-4-30-23(29)20-21(16-9-11-17(12-10-16)31-14-13-15(2)3)27-19-8-6-5-7-18(19)25-24(27)26-22(20)28/h5-12,15,20-21H,4,13-14H2,1-3H3,(H,25,26,28)/t20-,21-/m1/s1. The first kappa shape index (κ1) is 20.9. The summed E-state index contributed by atoms with van der Waals surface area (Å²) in [6.07, 6.45) is 0.972. The topological polar surface area (TPSA) is 82.5 Å². The number of rotatable bonds is 7. The Morgan fingerprint density at radius 3 is 2.61 bits per heavy atom. The van der Waals surface area contributed by atoms with Crippen LogP contribution in [-0.2, 0) is 14.3 Å². The fourth-order valence-corrected chi connectivity index (χ4v) is 3.88. The monoisotopic (exact) mass is 421 g/mol. The first-order valence-electron chi connectivity index (χ1n) is 10.7. The van der Waals surface area contributed by atoms with Gasteiger partial charge in [0.15, 0.2) is 5.92 Å². The summed E-state index contributed by atoms with van der Waals surface area (Å²) >= 11 is 0. The Balaban J connectivity index is 1.75. The molecule has 2 aromatic carbocycles. The largest absolute Gasteiger partial charge is 0.494 e. The van der Waals surface area contributed by atoms with Gasteiger partial charge in [-0.2, -0.15) is 0 Å². The van der Waals surface area contributed by atoms with E-state index < -0.39 is 23.8 Å². The predicted molar refractivity (Wildman–Crippen MR) is 118 cm³/mol. The van der Waals surface area contributed by atoms with Crippen LogP contribution in [-0.4, -0.2) is 34.6 Å². The van der Waals surface area contributed by atoms with Crippen molar-refractivity contribution in [3.63, 3.8) is 0 Å². The van der Waals surface area contributed by atoms with Crippen molar-refractivity contribution >= 4 is 28.9 Å². The van der Waals surface area contributed by atoms with Gasteiger partial charge < -0.3 is 14.0 Å². The molecule has 31 heavy (non-hydrogen) atoms. The van der Waals surface area contributed by atoms with E-state index in [1.54, 1.807) is 6.92 Å². The summed E-state index contributed by atoms with van der Waals surface area (Å²) in [5.41, 5.74) is 2.41. The van der Waals surface area contributed by atoms with Gasteiger partial charge in [-0.05, 0) is 49.1 Å². The van der Waals surface area contributed by atoms with Crippen LogP contribution >= 0.6 is 0 Å². The lowest BCUT2D eigenvalue weighted by Crippen LogP contribution is -2.43. The fraction of sp³-hybridized carbons (Fsp3) is 0.375. The Morgan fingerprint density at radius 2 is 1.90 bits per heavy atom. The highest BCUT2D eigenvalue weighted by molar-refractivity contribution is 6.07. The number of hydrogen-bond donors (Lipinski definition) is 1. The second kappa shape index (κ2) is 8.79. The SMILES string of the molecule is CCOC(=O)[C@H]1C(=O)Nc2nc3ccccc3n2[C@@H]1c1ccc(OCCC(C)C)cc1. The third kappa shape index (κ3) is 4.13. The number of carbonyl (C=O) groups is 2. The summed E-state index contributed by atoms with van der Waals surface area (Å²) in [5.74, 6) is -0.229. The number of carbonyl (C=O) groups excluding carboxylic acids is 2. The molecule has 0 radical (unpaired) electrons. The van der Waals surface area contributed by atoms with Gasteiger partial charge in [0.2, 0.25) is 11.9 Å². The Hall–Kier alpha value is -3.35. The minimum atomic E-state index is -1.02. The lowest BCUT2D eigenvalue weighted by Gasteiger charge is -2.32. The van der Waals surface area contributed by atoms with Crippen LogP contribution in [0.5, 0.6) is 5.75 Å². The van der Waals surface area contributed by atoms with Crippen molar-refractivity contribution in [2.45, 2.75) is 33.2 Å². The smallest absolute Gasteiger partial charge is 0.321 e. The molecule has 3 aromatic rings. The van der Waals surface area contributed by atoms with Gasteiger partial charge >= 0.3 is 5.97 Å². The number of benzene rings is 2. The van der Waals surface area contributed by atoms with Crippen molar-refractivity contribution < 1.29 is 19.1 Å². The van der Waals surface area contributed by atoms with Gasteiger partial charge in [0.25, 0.3) is 0 Å². The minimum absolute atomic E-state index is 0.204. The number of aromatic nitrogens is 2. The molecule has 0 saturated carbocycles. The molecule has 162 valence electrons. The second-order valence-corrected chi connectivity index (χ2v) is 8.06. The molecule has 0 unspecified atom stereocenters. The first-order valence-corrected chi connectivity index (χ1v) is 10.7. The van der Waals surface area contributed by atoms with Gasteiger partial charge in [-0.3, -0.25) is 14.9 Å². The molecule has 1 aliphatic rings. The van der Waals surface area contributed by atoms with Crippen LogP contribution in [0.15, 0.2) is 48.5 Å². The van der Waals surface area contributed by atoms with E-state index in [-0.39, 0.29) is 6.61 Å². The van der Waals surface area contributed by atoms with Gasteiger partial charge in [0, 0.05) is 0 Å². The normalized spacial score (nSPS) is 18.0. The summed E-state index contributed by atoms with van der Waals surface area (Å²) in [6, 6.07) is 14.6. The van der Waals surface area contributed by atoms with Gasteiger partial charge in [-0.25, -0.2) is 4.98 Å². The summed E-state index contributed by atoms with van der Waals surface area (Å²) in [7, 11) is 0. The molecule has 0 spiro atoms. The van der Waals surface area contributed by atoms with Crippen LogP contribution in [0.25, 0.3) is 11.0 Å². The summed E-state index contributed by atoms with van der Waals surface area (Å²) in [5, 5.41) is 2.78. The van der Waals surface area contributed by atoms with Gasteiger partial charge in [0.05, 0.1) is 30.3 Å². The van der Waals surface area contributed by atoms with Crippen molar-refractivity contribution in [2.24, 2.45) is 11.8 Å². The number of esters is 1. The number of nitrogens with one attached hydrogen (secondary N) is 1. The van der Waals surface area contributed by atoms with Crippen molar-refractivity contribution in [1.29, 1.82) is 0 Å². The summed E-state index contributed by atoms with van der Waals surface area (Å²) in [6.45, 7) is 6.89. The predicted octanol–water partition coefficient (Wildman–Crippen LogP) is 4.18. The molecule has 0 saturated heterocycles. The summed E-state index contributed by atoms with van der Waals surface area (Å²) < 4.78 is 13.0. The maximum atomic E-state index is 12.9. The van der Waals surface area contributed by atoms with Gasteiger partial charge in [-0.15, -0.1) is 0 Å². The van der Waals surface area contributed by atoms with E-state index in [0.717, 1.165) is 28.8 Å². The zero-order valence-electron chi connectivity index (χ0n) is 18.0. The van der Waals surface area contributed by atoms with E-state index >= 15 is 0 Å². The van der Waals surface area contributed by atoms with Crippen LogP contribution in [0.2, 0.25) is 0 Å². The lowest BCUT2D eigenvalue weighted by atomic mass is 9.90. The molecule has 1 aromatic heterocycles. The van der Waals surface area contributed by atoms with E-state index in [1.165, 1.54) is 0 Å². The molecule has 1 aliphatic heterocycles. The average molecular weight is 421 g/mol. The van der Waals surface area contributed by atoms with Crippen molar-refractivity contribution in [3.05, 3.63) is 54.1 Å². The maximum absolute atomic E-state index is 12.9.